The Balaban J connectivity index is 1.36. The molecular formula is C17H23NO3S. The first-order chi connectivity index (χ1) is 10.5. The molecule has 0 aliphatic heterocycles. The van der Waals surface area contributed by atoms with E-state index in [-0.39, 0.29) is 0 Å². The highest BCUT2D eigenvalue weighted by Gasteiger charge is 2.34. The van der Waals surface area contributed by atoms with Gasteiger partial charge in [-0.15, -0.1) is 0 Å². The number of hydrogen-bond donors (Lipinski definition) is 1. The van der Waals surface area contributed by atoms with Gasteiger partial charge in [-0.2, -0.15) is 0 Å². The quantitative estimate of drug-likeness (QED) is 0.618. The lowest BCUT2D eigenvalue weighted by Gasteiger charge is -2.18. The molecule has 3 atom stereocenters. The number of rotatable bonds is 7. The molecule has 1 N–H and O–H groups in total. The first-order valence-electron chi connectivity index (χ1n) is 7.84. The molecule has 0 heterocycles. The highest BCUT2D eigenvalue weighted by Crippen LogP contribution is 2.42. The molecule has 1 fully saturated rings. The molecule has 3 rings (SSSR count). The van der Waals surface area contributed by atoms with E-state index in [1.54, 1.807) is 24.3 Å². The monoisotopic (exact) mass is 321 g/mol. The Kier molecular flexibility index (Phi) is 4.54. The first-order valence-corrected chi connectivity index (χ1v) is 9.73. The van der Waals surface area contributed by atoms with Gasteiger partial charge in [0.15, 0.2) is 9.84 Å². The average Bonchev–Trinajstić information content (AvgIpc) is 3.09. The lowest BCUT2D eigenvalue weighted by molar-refractivity contribution is 0.304. The molecule has 5 heteroatoms. The van der Waals surface area contributed by atoms with Gasteiger partial charge in [-0.25, -0.2) is 8.42 Å². The van der Waals surface area contributed by atoms with E-state index < -0.39 is 9.84 Å². The Morgan fingerprint density at radius 3 is 2.55 bits per heavy atom. The van der Waals surface area contributed by atoms with Crippen LogP contribution in [0.25, 0.3) is 0 Å². The maximum Gasteiger partial charge on any atom is 0.175 e. The van der Waals surface area contributed by atoms with E-state index in [1.165, 1.54) is 19.1 Å². The molecule has 2 aliphatic rings. The SMILES string of the molecule is CS(=O)(=O)c1ccc(OCCNC[C@H]2C[C@H]3C=C[C@H]2C3)cc1. The van der Waals surface area contributed by atoms with Gasteiger partial charge in [0.1, 0.15) is 12.4 Å². The third-order valence-electron chi connectivity index (χ3n) is 4.62. The Hall–Kier alpha value is -1.33. The van der Waals surface area contributed by atoms with E-state index >= 15 is 0 Å². The van der Waals surface area contributed by atoms with Crippen LogP contribution in [-0.4, -0.2) is 34.4 Å². The summed E-state index contributed by atoms with van der Waals surface area (Å²) in [6, 6.07) is 6.58. The summed E-state index contributed by atoms with van der Waals surface area (Å²) in [5.74, 6) is 3.09. The molecule has 0 aromatic heterocycles. The normalized spacial score (nSPS) is 26.5. The summed E-state index contributed by atoms with van der Waals surface area (Å²) in [4.78, 5) is 0.322. The van der Waals surface area contributed by atoms with E-state index in [1.807, 2.05) is 0 Å². The molecule has 2 aliphatic carbocycles. The van der Waals surface area contributed by atoms with Gasteiger partial charge in [0.2, 0.25) is 0 Å². The van der Waals surface area contributed by atoms with Gasteiger partial charge >= 0.3 is 0 Å². The van der Waals surface area contributed by atoms with E-state index in [0.29, 0.717) is 17.3 Å². The predicted octanol–water partition coefficient (Wildman–Crippen LogP) is 2.27. The number of allylic oxidation sites excluding steroid dienone is 2. The zero-order chi connectivity index (χ0) is 15.6. The molecule has 22 heavy (non-hydrogen) atoms. The maximum atomic E-state index is 11.4. The molecule has 1 saturated carbocycles. The second-order valence-corrected chi connectivity index (χ2v) is 8.35. The van der Waals surface area contributed by atoms with Crippen molar-refractivity contribution in [1.82, 2.24) is 5.32 Å². The molecule has 4 nitrogen and oxygen atoms in total. The fourth-order valence-corrected chi connectivity index (χ4v) is 4.07. The van der Waals surface area contributed by atoms with Crippen LogP contribution in [0.5, 0.6) is 5.75 Å². The van der Waals surface area contributed by atoms with Crippen molar-refractivity contribution < 1.29 is 13.2 Å². The average molecular weight is 321 g/mol. The zero-order valence-electron chi connectivity index (χ0n) is 12.9. The zero-order valence-corrected chi connectivity index (χ0v) is 13.7. The van der Waals surface area contributed by atoms with Crippen molar-refractivity contribution in [1.29, 1.82) is 0 Å². The highest BCUT2D eigenvalue weighted by molar-refractivity contribution is 7.90. The van der Waals surface area contributed by atoms with Crippen molar-refractivity contribution in [3.63, 3.8) is 0 Å². The van der Waals surface area contributed by atoms with Crippen molar-refractivity contribution in [2.75, 3.05) is 26.0 Å². The number of nitrogens with one attached hydrogen (secondary N) is 1. The van der Waals surface area contributed by atoms with Crippen molar-refractivity contribution in [2.24, 2.45) is 17.8 Å². The number of benzene rings is 1. The Morgan fingerprint density at radius 2 is 1.95 bits per heavy atom. The van der Waals surface area contributed by atoms with Gasteiger partial charge in [-0.1, -0.05) is 12.2 Å². The van der Waals surface area contributed by atoms with Crippen LogP contribution in [-0.2, 0) is 9.84 Å². The maximum absolute atomic E-state index is 11.4. The fourth-order valence-electron chi connectivity index (χ4n) is 3.44. The largest absolute Gasteiger partial charge is 0.492 e. The summed E-state index contributed by atoms with van der Waals surface area (Å²) in [5, 5.41) is 3.46. The molecule has 0 saturated heterocycles. The van der Waals surface area contributed by atoms with Crippen LogP contribution >= 0.6 is 0 Å². The minimum Gasteiger partial charge on any atom is -0.492 e. The van der Waals surface area contributed by atoms with Crippen molar-refractivity contribution in [3.05, 3.63) is 36.4 Å². The van der Waals surface area contributed by atoms with Gasteiger partial charge in [0.25, 0.3) is 0 Å². The highest BCUT2D eigenvalue weighted by atomic mass is 32.2. The van der Waals surface area contributed by atoms with E-state index in [9.17, 15) is 8.42 Å². The standard InChI is InChI=1S/C17H23NO3S/c1-22(19,20)17-6-4-16(5-7-17)21-9-8-18-12-15-11-13-2-3-14(15)10-13/h2-7,13-15,18H,8-12H2,1H3/t13-,14-,15+/m0/s1. The summed E-state index contributed by atoms with van der Waals surface area (Å²) in [7, 11) is -3.14. The number of sulfone groups is 1. The lowest BCUT2D eigenvalue weighted by atomic mass is 9.94. The minimum atomic E-state index is -3.14. The molecule has 120 valence electrons. The lowest BCUT2D eigenvalue weighted by Crippen LogP contribution is -2.28. The van der Waals surface area contributed by atoms with Crippen LogP contribution in [0.1, 0.15) is 12.8 Å². The Morgan fingerprint density at radius 1 is 1.18 bits per heavy atom. The van der Waals surface area contributed by atoms with Crippen LogP contribution in [0.4, 0.5) is 0 Å². The summed E-state index contributed by atoms with van der Waals surface area (Å²) in [6.45, 7) is 2.46. The molecule has 0 amide bonds. The van der Waals surface area contributed by atoms with Gasteiger partial charge in [-0.05, 0) is 61.4 Å². The van der Waals surface area contributed by atoms with Crippen molar-refractivity contribution in [3.8, 4) is 5.75 Å². The van der Waals surface area contributed by atoms with Crippen LogP contribution in [0, 0.1) is 17.8 Å². The number of fused-ring (bicyclic) bond motifs is 2. The molecule has 1 aromatic carbocycles. The van der Waals surface area contributed by atoms with Gasteiger partial charge in [0.05, 0.1) is 4.90 Å². The van der Waals surface area contributed by atoms with E-state index in [0.717, 1.165) is 30.8 Å². The molecule has 0 unspecified atom stereocenters. The molecule has 2 bridgehead atoms. The summed E-state index contributed by atoms with van der Waals surface area (Å²) in [6.07, 6.45) is 8.61. The smallest absolute Gasteiger partial charge is 0.175 e. The van der Waals surface area contributed by atoms with Crippen LogP contribution in [0.2, 0.25) is 0 Å². The first kappa shape index (κ1) is 15.6. The van der Waals surface area contributed by atoms with E-state index in [2.05, 4.69) is 17.5 Å². The Labute approximate surface area is 132 Å². The third kappa shape index (κ3) is 3.70. The minimum absolute atomic E-state index is 0.322. The van der Waals surface area contributed by atoms with Crippen molar-refractivity contribution in [2.45, 2.75) is 17.7 Å². The van der Waals surface area contributed by atoms with Crippen molar-refractivity contribution >= 4 is 9.84 Å². The second-order valence-electron chi connectivity index (χ2n) is 6.34. The summed E-state index contributed by atoms with van der Waals surface area (Å²) in [5.41, 5.74) is 0. The number of ether oxygens (including phenoxy) is 1. The summed E-state index contributed by atoms with van der Waals surface area (Å²) < 4.78 is 28.4. The third-order valence-corrected chi connectivity index (χ3v) is 5.75. The second kappa shape index (κ2) is 6.42. The molecule has 1 aromatic rings. The Bertz CT molecular complexity index is 636. The molecule has 0 radical (unpaired) electrons. The van der Waals surface area contributed by atoms with Crippen LogP contribution in [0.3, 0.4) is 0 Å². The number of hydrogen-bond acceptors (Lipinski definition) is 4. The van der Waals surface area contributed by atoms with Gasteiger partial charge < -0.3 is 10.1 Å². The fraction of sp³-hybridized carbons (Fsp3) is 0.529. The van der Waals surface area contributed by atoms with Crippen LogP contribution in [0.15, 0.2) is 41.3 Å². The molecular weight excluding hydrogens is 298 g/mol. The van der Waals surface area contributed by atoms with E-state index in [4.69, 9.17) is 4.74 Å². The van der Waals surface area contributed by atoms with Gasteiger partial charge in [-0.3, -0.25) is 0 Å². The predicted molar refractivity (Wildman–Crippen MR) is 86.8 cm³/mol. The molecule has 0 spiro atoms. The van der Waals surface area contributed by atoms with Gasteiger partial charge in [0, 0.05) is 12.8 Å². The topological polar surface area (TPSA) is 55.4 Å². The summed E-state index contributed by atoms with van der Waals surface area (Å²) >= 11 is 0. The van der Waals surface area contributed by atoms with Crippen LogP contribution < -0.4 is 10.1 Å².